The molecule has 0 amide bonds. The molecule has 7 heterocycles. The van der Waals surface area contributed by atoms with Crippen molar-refractivity contribution in [2.45, 2.75) is 12.0 Å². The summed E-state index contributed by atoms with van der Waals surface area (Å²) in [5.41, 5.74) is 15.9. The van der Waals surface area contributed by atoms with E-state index in [1.54, 1.807) is 12.4 Å². The fourth-order valence-corrected chi connectivity index (χ4v) is 9.78. The van der Waals surface area contributed by atoms with E-state index in [0.717, 1.165) is 106 Å². The van der Waals surface area contributed by atoms with E-state index in [0.29, 0.717) is 11.6 Å². The molecule has 68 heavy (non-hydrogen) atoms. The van der Waals surface area contributed by atoms with Crippen molar-refractivity contribution in [3.05, 3.63) is 236 Å². The second kappa shape index (κ2) is 16.3. The average molecular weight is 875 g/mol. The number of ether oxygens (including phenoxy) is 1. The van der Waals surface area contributed by atoms with Crippen molar-refractivity contribution in [2.75, 3.05) is 0 Å². The molecule has 6 aromatic heterocycles. The molecule has 5 aromatic carbocycles. The van der Waals surface area contributed by atoms with Crippen LogP contribution in [0.25, 0.3) is 95.1 Å². The lowest BCUT2D eigenvalue weighted by atomic mass is 9.80. The minimum atomic E-state index is -0.290. The monoisotopic (exact) mass is 874 g/mol. The van der Waals surface area contributed by atoms with Crippen LogP contribution in [0.15, 0.2) is 219 Å². The first kappa shape index (κ1) is 39.2. The fourth-order valence-electron chi connectivity index (χ4n) is 9.78. The lowest BCUT2D eigenvalue weighted by Crippen LogP contribution is -2.22. The van der Waals surface area contributed by atoms with Crippen molar-refractivity contribution in [2.24, 2.45) is 0 Å². The summed E-state index contributed by atoms with van der Waals surface area (Å²) in [4.78, 5) is 33.3. The predicted molar refractivity (Wildman–Crippen MR) is 269 cm³/mol. The number of rotatable bonds is 8. The molecule has 2 atom stereocenters. The summed E-state index contributed by atoms with van der Waals surface area (Å²) in [5, 5.41) is 2.09. The number of fused-ring (bicyclic) bond motifs is 6. The molecule has 320 valence electrons. The number of hydrogen-bond acceptors (Lipinski definition) is 8. The van der Waals surface area contributed by atoms with E-state index in [1.165, 1.54) is 0 Å². The molecule has 1 aliphatic heterocycles. The summed E-state index contributed by atoms with van der Waals surface area (Å²) in [6.45, 7) is 0. The van der Waals surface area contributed by atoms with Gasteiger partial charge in [-0.15, -0.1) is 0 Å². The van der Waals surface area contributed by atoms with Crippen LogP contribution in [-0.2, 0) is 0 Å². The van der Waals surface area contributed by atoms with Gasteiger partial charge in [0.25, 0.3) is 0 Å². The molecule has 2 unspecified atom stereocenters. The SMILES string of the molecule is C1=C(c2cccnc2)C=C(c2cccnc2)C2Oc3c(-c4cccnc4)cc(-n4c5ccc(-c6nccc(-c7ccccc7)n6)cc5c5cc(-c6nccc(-c7ccccc7)n6)ccc54)cc3C12. The first-order chi connectivity index (χ1) is 33.7. The Kier molecular flexibility index (Phi) is 9.42. The average Bonchev–Trinajstić information content (AvgIpc) is 3.96. The molecule has 1 aliphatic carbocycles. The Labute approximate surface area is 391 Å². The highest BCUT2D eigenvalue weighted by Gasteiger charge is 2.41. The first-order valence-corrected chi connectivity index (χ1v) is 22.6. The van der Waals surface area contributed by atoms with Gasteiger partial charge < -0.3 is 9.30 Å². The smallest absolute Gasteiger partial charge is 0.159 e. The Bertz CT molecular complexity index is 3620. The lowest BCUT2D eigenvalue weighted by molar-refractivity contribution is 0.279. The Morgan fingerprint density at radius 3 is 1.56 bits per heavy atom. The Hall–Kier alpha value is -9.21. The van der Waals surface area contributed by atoms with Crippen LogP contribution in [0.5, 0.6) is 5.75 Å². The van der Waals surface area contributed by atoms with Crippen LogP contribution >= 0.6 is 0 Å². The Morgan fingerprint density at radius 2 is 1.00 bits per heavy atom. The highest BCUT2D eigenvalue weighted by molar-refractivity contribution is 6.11. The summed E-state index contributed by atoms with van der Waals surface area (Å²) in [6.07, 6.45) is 19.1. The normalized spacial score (nSPS) is 15.1. The fraction of sp³-hybridized carbons (Fsp3) is 0.0339. The quantitative estimate of drug-likeness (QED) is 0.149. The van der Waals surface area contributed by atoms with Gasteiger partial charge in [-0.05, 0) is 102 Å². The molecule has 13 rings (SSSR count). The first-order valence-electron chi connectivity index (χ1n) is 22.6. The second-order valence-electron chi connectivity index (χ2n) is 17.0. The summed E-state index contributed by atoms with van der Waals surface area (Å²) in [6, 6.07) is 54.2. The van der Waals surface area contributed by atoms with Gasteiger partial charge in [0.1, 0.15) is 11.9 Å². The number of hydrogen-bond donors (Lipinski definition) is 0. The standard InChI is InChI=1S/C59H38N8O/c1-3-10-37(11-4-1)52-21-26-63-58(65-52)39-17-19-54-48(28-39)49-29-40(59-64-27-22-53(66-59)38-12-5-2-6-13-38)18-20-55(49)67(54)45-32-47(43-16-9-25-62-36-43)57-51(33-45)50-31-44(41-14-7-23-60-34-41)30-46(56(50)68-57)42-15-8-24-61-35-42/h1-36,50,56H. The highest BCUT2D eigenvalue weighted by atomic mass is 16.5. The largest absolute Gasteiger partial charge is 0.484 e. The summed E-state index contributed by atoms with van der Waals surface area (Å²) in [5.74, 6) is 2.01. The number of allylic oxidation sites excluding steroid dienone is 2. The number of nitrogens with zero attached hydrogens (tertiary/aromatic N) is 8. The van der Waals surface area contributed by atoms with Gasteiger partial charge in [-0.2, -0.15) is 0 Å². The molecule has 11 aromatic rings. The third-order valence-corrected chi connectivity index (χ3v) is 13.0. The van der Waals surface area contributed by atoms with E-state index < -0.39 is 0 Å². The Balaban J connectivity index is 1.03. The molecule has 0 fully saturated rings. The van der Waals surface area contributed by atoms with E-state index in [4.69, 9.17) is 24.7 Å². The van der Waals surface area contributed by atoms with Crippen LogP contribution in [0.3, 0.4) is 0 Å². The van der Waals surface area contributed by atoms with E-state index in [1.807, 2.05) is 104 Å². The molecular formula is C59H38N8O. The van der Waals surface area contributed by atoms with Crippen LogP contribution in [-0.4, -0.2) is 45.6 Å². The zero-order valence-corrected chi connectivity index (χ0v) is 36.4. The van der Waals surface area contributed by atoms with E-state index in [-0.39, 0.29) is 12.0 Å². The molecule has 9 nitrogen and oxygen atoms in total. The molecule has 0 saturated carbocycles. The molecule has 0 spiro atoms. The number of benzene rings is 5. The third kappa shape index (κ3) is 6.84. The van der Waals surface area contributed by atoms with Crippen LogP contribution in [0.2, 0.25) is 0 Å². The molecule has 2 aliphatic rings. The maximum atomic E-state index is 7.19. The van der Waals surface area contributed by atoms with E-state index >= 15 is 0 Å². The van der Waals surface area contributed by atoms with Gasteiger partial charge in [-0.25, -0.2) is 19.9 Å². The topological polar surface area (TPSA) is 104 Å². The Morgan fingerprint density at radius 1 is 0.456 bits per heavy atom. The summed E-state index contributed by atoms with van der Waals surface area (Å²) < 4.78 is 9.55. The maximum absolute atomic E-state index is 7.19. The lowest BCUT2D eigenvalue weighted by Gasteiger charge is -2.25. The van der Waals surface area contributed by atoms with Crippen LogP contribution < -0.4 is 4.74 Å². The summed E-state index contributed by atoms with van der Waals surface area (Å²) >= 11 is 0. The zero-order chi connectivity index (χ0) is 45.0. The second-order valence-corrected chi connectivity index (χ2v) is 17.0. The van der Waals surface area contributed by atoms with Crippen molar-refractivity contribution in [3.63, 3.8) is 0 Å². The van der Waals surface area contributed by atoms with Crippen LogP contribution in [0.4, 0.5) is 0 Å². The van der Waals surface area contributed by atoms with Crippen molar-refractivity contribution in [3.8, 4) is 67.9 Å². The van der Waals surface area contributed by atoms with Crippen LogP contribution in [0.1, 0.15) is 22.6 Å². The van der Waals surface area contributed by atoms with Gasteiger partial charge in [0.15, 0.2) is 11.6 Å². The maximum Gasteiger partial charge on any atom is 0.159 e. The summed E-state index contributed by atoms with van der Waals surface area (Å²) in [7, 11) is 0. The van der Waals surface area contributed by atoms with Gasteiger partial charge in [0, 0.05) is 116 Å². The van der Waals surface area contributed by atoms with Gasteiger partial charge in [0.2, 0.25) is 0 Å². The molecule has 0 saturated heterocycles. The third-order valence-electron chi connectivity index (χ3n) is 13.0. The van der Waals surface area contributed by atoms with Crippen LogP contribution in [0, 0.1) is 0 Å². The predicted octanol–water partition coefficient (Wildman–Crippen LogP) is 12.9. The molecule has 0 bridgehead atoms. The number of pyridine rings is 3. The van der Waals surface area contributed by atoms with Crippen molar-refractivity contribution >= 4 is 33.0 Å². The van der Waals surface area contributed by atoms with Crippen molar-refractivity contribution < 1.29 is 4.74 Å². The van der Waals surface area contributed by atoms with Crippen molar-refractivity contribution in [1.29, 1.82) is 0 Å². The minimum Gasteiger partial charge on any atom is -0.484 e. The van der Waals surface area contributed by atoms with Gasteiger partial charge >= 0.3 is 0 Å². The molecular weight excluding hydrogens is 837 g/mol. The van der Waals surface area contributed by atoms with Gasteiger partial charge in [0.05, 0.1) is 22.4 Å². The number of aromatic nitrogens is 8. The minimum absolute atomic E-state index is 0.120. The molecule has 0 N–H and O–H groups in total. The van der Waals surface area contributed by atoms with E-state index in [2.05, 4.69) is 123 Å². The highest BCUT2D eigenvalue weighted by Crippen LogP contribution is 2.53. The van der Waals surface area contributed by atoms with E-state index in [9.17, 15) is 0 Å². The zero-order valence-electron chi connectivity index (χ0n) is 36.4. The molecule has 0 radical (unpaired) electrons. The van der Waals surface area contributed by atoms with Gasteiger partial charge in [-0.1, -0.05) is 84.9 Å². The van der Waals surface area contributed by atoms with Crippen molar-refractivity contribution in [1.82, 2.24) is 39.5 Å². The molecule has 9 heteroatoms. The van der Waals surface area contributed by atoms with Gasteiger partial charge in [-0.3, -0.25) is 15.0 Å².